The molecule has 1 aliphatic carbocycles. The lowest BCUT2D eigenvalue weighted by Gasteiger charge is -2.23. The van der Waals surface area contributed by atoms with Gasteiger partial charge < -0.3 is 11.5 Å². The van der Waals surface area contributed by atoms with Crippen molar-refractivity contribution in [3.8, 4) is 0 Å². The van der Waals surface area contributed by atoms with Crippen molar-refractivity contribution in [2.45, 2.75) is 40.5 Å². The highest BCUT2D eigenvalue weighted by Gasteiger charge is 2.34. The normalized spacial score (nSPS) is 13.3. The first kappa shape index (κ1) is 18.2. The number of ketones is 2. The van der Waals surface area contributed by atoms with Crippen LogP contribution in [0.25, 0.3) is 0 Å². The number of carbonyl (C=O) groups excluding carboxylic acids is 2. The van der Waals surface area contributed by atoms with Crippen LogP contribution in [0.2, 0.25) is 0 Å². The molecule has 0 aliphatic heterocycles. The summed E-state index contributed by atoms with van der Waals surface area (Å²) in [7, 11) is 0. The van der Waals surface area contributed by atoms with Crippen molar-refractivity contribution in [3.63, 3.8) is 0 Å². The van der Waals surface area contributed by atoms with Crippen LogP contribution in [0.3, 0.4) is 0 Å². The van der Waals surface area contributed by atoms with E-state index in [-0.39, 0.29) is 11.6 Å². The van der Waals surface area contributed by atoms with Crippen LogP contribution >= 0.6 is 0 Å². The zero-order chi connectivity index (χ0) is 19.2. The van der Waals surface area contributed by atoms with Crippen LogP contribution in [0.1, 0.15) is 70.7 Å². The van der Waals surface area contributed by atoms with E-state index in [0.29, 0.717) is 45.5 Å². The maximum atomic E-state index is 13.3. The molecule has 0 aromatic heterocycles. The Morgan fingerprint density at radius 1 is 0.692 bits per heavy atom. The number of rotatable bonds is 4. The molecule has 0 radical (unpaired) electrons. The minimum atomic E-state index is -0.235. The number of anilines is 2. The fourth-order valence-corrected chi connectivity index (χ4v) is 3.70. The van der Waals surface area contributed by atoms with Crippen LogP contribution < -0.4 is 11.5 Å². The summed E-state index contributed by atoms with van der Waals surface area (Å²) in [5, 5.41) is 0. The summed E-state index contributed by atoms with van der Waals surface area (Å²) in [5.74, 6) is 0.389. The van der Waals surface area contributed by atoms with Crippen molar-refractivity contribution < 1.29 is 9.59 Å². The predicted octanol–water partition coefficient (Wildman–Crippen LogP) is 4.02. The molecule has 2 aromatic carbocycles. The fourth-order valence-electron chi connectivity index (χ4n) is 3.70. The van der Waals surface area contributed by atoms with Crippen molar-refractivity contribution in [2.75, 3.05) is 11.5 Å². The van der Waals surface area contributed by atoms with Crippen molar-refractivity contribution in [1.29, 1.82) is 0 Å². The monoisotopic (exact) mass is 350 g/mol. The number of nitrogen functional groups attached to an aromatic ring is 2. The third-order valence-corrected chi connectivity index (χ3v) is 4.87. The minimum absolute atomic E-state index is 0.180. The minimum Gasteiger partial charge on any atom is -0.398 e. The third kappa shape index (κ3) is 2.90. The van der Waals surface area contributed by atoms with E-state index in [1.54, 1.807) is 12.1 Å². The molecule has 26 heavy (non-hydrogen) atoms. The van der Waals surface area contributed by atoms with Gasteiger partial charge in [-0.15, -0.1) is 0 Å². The Kier molecular flexibility index (Phi) is 4.61. The van der Waals surface area contributed by atoms with Gasteiger partial charge in [0.2, 0.25) is 0 Å². The molecule has 0 saturated heterocycles. The highest BCUT2D eigenvalue weighted by molar-refractivity contribution is 6.31. The van der Waals surface area contributed by atoms with Gasteiger partial charge in [-0.2, -0.15) is 0 Å². The first-order chi connectivity index (χ1) is 12.2. The second-order valence-corrected chi connectivity index (χ2v) is 7.98. The molecule has 0 unspecified atom stereocenters. The highest BCUT2D eigenvalue weighted by Crippen LogP contribution is 2.37. The standard InChI is InChI=1S/C22H26N2O2/c1-11(2)9-13-5-7-15-17(19(13)23)22(26)18-16(21(15)25)8-6-14(20(18)24)10-12(3)4/h5-8,11-12H,9-10,23-24H2,1-4H3. The summed E-state index contributed by atoms with van der Waals surface area (Å²) in [6.45, 7) is 8.38. The van der Waals surface area contributed by atoms with Crippen LogP contribution in [0, 0.1) is 11.8 Å². The zero-order valence-electron chi connectivity index (χ0n) is 15.8. The number of nitrogens with two attached hydrogens (primary N) is 2. The van der Waals surface area contributed by atoms with E-state index in [2.05, 4.69) is 27.7 Å². The molecule has 4 nitrogen and oxygen atoms in total. The Balaban J connectivity index is 2.19. The van der Waals surface area contributed by atoms with Crippen LogP contribution in [-0.4, -0.2) is 11.6 Å². The molecule has 3 rings (SSSR count). The zero-order valence-corrected chi connectivity index (χ0v) is 15.8. The number of carbonyl (C=O) groups is 2. The molecule has 0 atom stereocenters. The summed E-state index contributed by atoms with van der Waals surface area (Å²) in [5.41, 5.74) is 16.6. The SMILES string of the molecule is CC(C)Cc1ccc2c(c1N)C(=O)c1c(ccc(CC(C)C)c1N)C2=O. The van der Waals surface area contributed by atoms with Crippen molar-refractivity contribution in [1.82, 2.24) is 0 Å². The first-order valence-electron chi connectivity index (χ1n) is 9.14. The third-order valence-electron chi connectivity index (χ3n) is 4.87. The van der Waals surface area contributed by atoms with Gasteiger partial charge in [-0.25, -0.2) is 0 Å². The molecule has 2 aromatic rings. The number of hydrogen-bond acceptors (Lipinski definition) is 4. The lowest BCUT2D eigenvalue weighted by atomic mass is 9.79. The highest BCUT2D eigenvalue weighted by atomic mass is 16.1. The van der Waals surface area contributed by atoms with Gasteiger partial charge in [-0.3, -0.25) is 9.59 Å². The van der Waals surface area contributed by atoms with E-state index < -0.39 is 0 Å². The maximum absolute atomic E-state index is 13.3. The molecule has 0 fully saturated rings. The Hall–Kier alpha value is -2.62. The lowest BCUT2D eigenvalue weighted by molar-refractivity contribution is 0.0980. The molecule has 0 bridgehead atoms. The maximum Gasteiger partial charge on any atom is 0.198 e. The van der Waals surface area contributed by atoms with Crippen LogP contribution in [0.4, 0.5) is 11.4 Å². The summed E-state index contributed by atoms with van der Waals surface area (Å²) < 4.78 is 0. The molecular weight excluding hydrogens is 324 g/mol. The lowest BCUT2D eigenvalue weighted by Crippen LogP contribution is -2.25. The van der Waals surface area contributed by atoms with Gasteiger partial charge >= 0.3 is 0 Å². The van der Waals surface area contributed by atoms with Crippen molar-refractivity contribution in [3.05, 3.63) is 57.6 Å². The summed E-state index contributed by atoms with van der Waals surface area (Å²) in [6.07, 6.45) is 1.52. The van der Waals surface area contributed by atoms with Gasteiger partial charge in [0.1, 0.15) is 0 Å². The smallest absolute Gasteiger partial charge is 0.198 e. The van der Waals surface area contributed by atoms with E-state index in [1.165, 1.54) is 0 Å². The van der Waals surface area contributed by atoms with E-state index in [1.807, 2.05) is 12.1 Å². The Labute approximate surface area is 154 Å². The Morgan fingerprint density at radius 2 is 1.08 bits per heavy atom. The second-order valence-electron chi connectivity index (χ2n) is 7.98. The topological polar surface area (TPSA) is 86.2 Å². The molecule has 4 N–H and O–H groups in total. The van der Waals surface area contributed by atoms with Crippen LogP contribution in [0.15, 0.2) is 24.3 Å². The van der Waals surface area contributed by atoms with Crippen molar-refractivity contribution in [2.24, 2.45) is 11.8 Å². The fraction of sp³-hybridized carbons (Fsp3) is 0.364. The molecule has 136 valence electrons. The summed E-state index contributed by atoms with van der Waals surface area (Å²) >= 11 is 0. The largest absolute Gasteiger partial charge is 0.398 e. The summed E-state index contributed by atoms with van der Waals surface area (Å²) in [6, 6.07) is 7.18. The number of fused-ring (bicyclic) bond motifs is 2. The number of benzene rings is 2. The van der Waals surface area contributed by atoms with Crippen LogP contribution in [-0.2, 0) is 12.8 Å². The summed E-state index contributed by atoms with van der Waals surface area (Å²) in [4.78, 5) is 26.2. The van der Waals surface area contributed by atoms with Gasteiger partial charge in [0.15, 0.2) is 11.6 Å². The molecular formula is C22H26N2O2. The van der Waals surface area contributed by atoms with Crippen LogP contribution in [0.5, 0.6) is 0 Å². The van der Waals surface area contributed by atoms with Gasteiger partial charge in [-0.1, -0.05) is 39.8 Å². The van der Waals surface area contributed by atoms with Gasteiger partial charge in [0.25, 0.3) is 0 Å². The second kappa shape index (κ2) is 6.60. The molecule has 0 amide bonds. The average molecular weight is 350 g/mol. The van der Waals surface area contributed by atoms with Crippen molar-refractivity contribution >= 4 is 22.9 Å². The van der Waals surface area contributed by atoms with E-state index in [9.17, 15) is 9.59 Å². The molecule has 0 saturated carbocycles. The van der Waals surface area contributed by atoms with E-state index in [0.717, 1.165) is 24.0 Å². The average Bonchev–Trinajstić information content (AvgIpc) is 2.55. The van der Waals surface area contributed by atoms with Gasteiger partial charge in [0, 0.05) is 22.5 Å². The van der Waals surface area contributed by atoms with E-state index in [4.69, 9.17) is 11.5 Å². The molecule has 0 heterocycles. The first-order valence-corrected chi connectivity index (χ1v) is 9.14. The molecule has 4 heteroatoms. The van der Waals surface area contributed by atoms with Gasteiger partial charge in [0.05, 0.1) is 11.1 Å². The Bertz CT molecular complexity index is 839. The molecule has 1 aliphatic rings. The predicted molar refractivity (Wildman–Crippen MR) is 106 cm³/mol. The van der Waals surface area contributed by atoms with Gasteiger partial charge in [-0.05, 0) is 47.9 Å². The quantitative estimate of drug-likeness (QED) is 0.696. The Morgan fingerprint density at radius 3 is 1.42 bits per heavy atom. The molecule has 0 spiro atoms. The van der Waals surface area contributed by atoms with E-state index >= 15 is 0 Å². The number of hydrogen-bond donors (Lipinski definition) is 2.